The van der Waals surface area contributed by atoms with Gasteiger partial charge in [0.2, 0.25) is 0 Å². The van der Waals surface area contributed by atoms with E-state index < -0.39 is 11.2 Å². The van der Waals surface area contributed by atoms with Crippen molar-refractivity contribution in [2.75, 3.05) is 26.2 Å². The number of hydrogen-bond donors (Lipinski definition) is 2. The van der Waals surface area contributed by atoms with Crippen molar-refractivity contribution in [3.8, 4) is 0 Å². The number of rotatable bonds is 2. The lowest BCUT2D eigenvalue weighted by Gasteiger charge is -2.67. The summed E-state index contributed by atoms with van der Waals surface area (Å²) in [4.78, 5) is 4.64. The second-order valence-corrected chi connectivity index (χ2v) is 7.47. The average molecular weight is 322 g/mol. The van der Waals surface area contributed by atoms with E-state index >= 15 is 0 Å². The van der Waals surface area contributed by atoms with Crippen LogP contribution in [0.2, 0.25) is 0 Å². The predicted molar refractivity (Wildman–Crippen MR) is 91.4 cm³/mol. The molecule has 0 radical (unpaired) electrons. The molecular weight excluding hydrogens is 300 g/mol. The fourth-order valence-corrected chi connectivity index (χ4v) is 4.81. The van der Waals surface area contributed by atoms with Crippen LogP contribution in [0, 0.1) is 0 Å². The molecule has 4 nitrogen and oxygen atoms in total. The minimum atomic E-state index is -0.757. The maximum Gasteiger partial charge on any atom is 0.119 e. The second-order valence-electron chi connectivity index (χ2n) is 7.47. The van der Waals surface area contributed by atoms with Crippen LogP contribution in [0.4, 0.5) is 0 Å². The molecule has 0 spiro atoms. The third kappa shape index (κ3) is 1.82. The summed E-state index contributed by atoms with van der Waals surface area (Å²) < 4.78 is 0. The van der Waals surface area contributed by atoms with Gasteiger partial charge in [0, 0.05) is 26.2 Å². The van der Waals surface area contributed by atoms with Crippen LogP contribution in [0.3, 0.4) is 0 Å². The molecule has 0 amide bonds. The molecule has 4 atom stereocenters. The predicted octanol–water partition coefficient (Wildman–Crippen LogP) is 1.14. The molecule has 5 rings (SSSR count). The summed E-state index contributed by atoms with van der Waals surface area (Å²) in [5.74, 6) is 0. The summed E-state index contributed by atoms with van der Waals surface area (Å²) in [5, 5.41) is 22.2. The van der Waals surface area contributed by atoms with Crippen molar-refractivity contribution in [2.24, 2.45) is 0 Å². The van der Waals surface area contributed by atoms with Crippen molar-refractivity contribution >= 4 is 0 Å². The largest absolute Gasteiger partial charge is 0.382 e. The van der Waals surface area contributed by atoms with E-state index in [0.29, 0.717) is 13.1 Å². The summed E-state index contributed by atoms with van der Waals surface area (Å²) in [7, 11) is 0. The molecule has 0 aliphatic carbocycles. The molecular formula is C20H22N2O2. The van der Waals surface area contributed by atoms with Gasteiger partial charge in [-0.2, -0.15) is 0 Å². The van der Waals surface area contributed by atoms with Gasteiger partial charge in [0.1, 0.15) is 11.2 Å². The number of aliphatic hydroxyl groups is 2. The molecule has 3 saturated heterocycles. The molecule has 0 saturated carbocycles. The first-order chi connectivity index (χ1) is 11.6. The third-order valence-corrected chi connectivity index (χ3v) is 6.23. The average Bonchev–Trinajstić information content (AvgIpc) is 2.62. The third-order valence-electron chi connectivity index (χ3n) is 6.23. The molecule has 2 aromatic rings. The summed E-state index contributed by atoms with van der Waals surface area (Å²) in [6.07, 6.45) is 0. The minimum Gasteiger partial charge on any atom is -0.382 e. The lowest BCUT2D eigenvalue weighted by molar-refractivity contribution is -0.257. The van der Waals surface area contributed by atoms with Crippen molar-refractivity contribution in [3.63, 3.8) is 0 Å². The van der Waals surface area contributed by atoms with Crippen LogP contribution in [-0.2, 0) is 11.2 Å². The van der Waals surface area contributed by atoms with E-state index in [2.05, 4.69) is 9.80 Å². The highest BCUT2D eigenvalue weighted by Crippen LogP contribution is 2.48. The first-order valence-electron chi connectivity index (χ1n) is 8.65. The Hall–Kier alpha value is -1.72. The monoisotopic (exact) mass is 322 g/mol. The van der Waals surface area contributed by atoms with E-state index in [1.165, 1.54) is 0 Å². The number of nitrogens with zero attached hydrogens (tertiary/aromatic N) is 2. The highest BCUT2D eigenvalue weighted by molar-refractivity contribution is 5.34. The molecule has 124 valence electrons. The quantitative estimate of drug-likeness (QED) is 0.871. The van der Waals surface area contributed by atoms with Crippen LogP contribution < -0.4 is 0 Å². The number of hydrogen-bond acceptors (Lipinski definition) is 4. The second kappa shape index (κ2) is 4.90. The van der Waals surface area contributed by atoms with Gasteiger partial charge in [-0.25, -0.2) is 0 Å². The zero-order chi connectivity index (χ0) is 16.4. The highest BCUT2D eigenvalue weighted by atomic mass is 16.3. The molecule has 24 heavy (non-hydrogen) atoms. The Balaban J connectivity index is 1.37. The van der Waals surface area contributed by atoms with Crippen molar-refractivity contribution < 1.29 is 10.2 Å². The summed E-state index contributed by atoms with van der Waals surface area (Å²) in [6.45, 7) is 2.92. The van der Waals surface area contributed by atoms with E-state index in [1.807, 2.05) is 60.7 Å². The molecule has 3 aliphatic heterocycles. The molecule has 0 aromatic heterocycles. The fourth-order valence-electron chi connectivity index (χ4n) is 4.81. The van der Waals surface area contributed by atoms with E-state index in [4.69, 9.17) is 0 Å². The van der Waals surface area contributed by atoms with Crippen LogP contribution in [0.1, 0.15) is 11.1 Å². The molecule has 3 heterocycles. The lowest BCUT2D eigenvalue weighted by atomic mass is 9.69. The van der Waals surface area contributed by atoms with E-state index in [9.17, 15) is 10.2 Å². The molecule has 3 fully saturated rings. The maximum atomic E-state index is 11.1. The Bertz CT molecular complexity index is 687. The Morgan fingerprint density at radius 3 is 1.42 bits per heavy atom. The standard InChI is InChI=1S/C20H22N2O2/c23-19(15-7-3-1-4-8-15)13-21-12-18-20(24,14-22(18)11-17(19)21)16-9-5-2-6-10-16/h1-10,17-18,23-24H,11-14H2. The first-order valence-corrected chi connectivity index (χ1v) is 8.65. The topological polar surface area (TPSA) is 46.9 Å². The normalized spacial score (nSPS) is 38.6. The van der Waals surface area contributed by atoms with Gasteiger partial charge in [-0.05, 0) is 11.1 Å². The molecule has 4 heteroatoms. The lowest BCUT2D eigenvalue weighted by Crippen LogP contribution is -2.83. The Morgan fingerprint density at radius 2 is 1.04 bits per heavy atom. The molecule has 2 N–H and O–H groups in total. The van der Waals surface area contributed by atoms with Crippen LogP contribution >= 0.6 is 0 Å². The molecule has 2 aromatic carbocycles. The van der Waals surface area contributed by atoms with Crippen molar-refractivity contribution in [3.05, 3.63) is 71.8 Å². The number of benzene rings is 2. The summed E-state index contributed by atoms with van der Waals surface area (Å²) in [6, 6.07) is 20.2. The van der Waals surface area contributed by atoms with Crippen LogP contribution in [0.15, 0.2) is 60.7 Å². The molecule has 0 bridgehead atoms. The van der Waals surface area contributed by atoms with Crippen molar-refractivity contribution in [1.82, 2.24) is 9.80 Å². The summed E-state index contributed by atoms with van der Waals surface area (Å²) >= 11 is 0. The SMILES string of the molecule is OC1(c2ccccc2)CN2CC3N(CC21)CC3(O)c1ccccc1. The minimum absolute atomic E-state index is 0.122. The van der Waals surface area contributed by atoms with E-state index in [1.54, 1.807) is 0 Å². The van der Waals surface area contributed by atoms with Gasteiger partial charge >= 0.3 is 0 Å². The van der Waals surface area contributed by atoms with Crippen LogP contribution in [0.5, 0.6) is 0 Å². The fraction of sp³-hybridized carbons (Fsp3) is 0.400. The van der Waals surface area contributed by atoms with Gasteiger partial charge in [-0.3, -0.25) is 9.80 Å². The Labute approximate surface area is 141 Å². The van der Waals surface area contributed by atoms with Crippen molar-refractivity contribution in [2.45, 2.75) is 23.3 Å². The maximum absolute atomic E-state index is 11.1. The highest BCUT2D eigenvalue weighted by Gasteiger charge is 2.63. The number of fused-ring (bicyclic) bond motifs is 2. The first kappa shape index (κ1) is 14.6. The number of piperazine rings is 1. The van der Waals surface area contributed by atoms with Crippen LogP contribution in [-0.4, -0.2) is 58.3 Å². The van der Waals surface area contributed by atoms with Gasteiger partial charge in [0.25, 0.3) is 0 Å². The van der Waals surface area contributed by atoms with Gasteiger partial charge in [-0.1, -0.05) is 60.7 Å². The molecule has 4 unspecified atom stereocenters. The van der Waals surface area contributed by atoms with E-state index in [-0.39, 0.29) is 12.1 Å². The Kier molecular flexibility index (Phi) is 2.98. The van der Waals surface area contributed by atoms with Crippen molar-refractivity contribution in [1.29, 1.82) is 0 Å². The van der Waals surface area contributed by atoms with E-state index in [0.717, 1.165) is 24.2 Å². The van der Waals surface area contributed by atoms with Crippen LogP contribution in [0.25, 0.3) is 0 Å². The smallest absolute Gasteiger partial charge is 0.119 e. The van der Waals surface area contributed by atoms with Gasteiger partial charge in [-0.15, -0.1) is 0 Å². The zero-order valence-corrected chi connectivity index (χ0v) is 13.5. The van der Waals surface area contributed by atoms with Gasteiger partial charge in [0.05, 0.1) is 12.1 Å². The van der Waals surface area contributed by atoms with Gasteiger partial charge < -0.3 is 10.2 Å². The summed E-state index contributed by atoms with van der Waals surface area (Å²) in [5.41, 5.74) is 0.492. The Morgan fingerprint density at radius 1 is 0.667 bits per heavy atom. The molecule has 3 aliphatic rings. The zero-order valence-electron chi connectivity index (χ0n) is 13.5. The van der Waals surface area contributed by atoms with Gasteiger partial charge in [0.15, 0.2) is 0 Å².